The van der Waals surface area contributed by atoms with E-state index in [1.807, 2.05) is 18.2 Å². The number of esters is 1. The number of unbranched alkanes of at least 4 members (excludes halogenated alkanes) is 2. The third-order valence-corrected chi connectivity index (χ3v) is 4.13. The van der Waals surface area contributed by atoms with E-state index in [0.29, 0.717) is 13.0 Å². The van der Waals surface area contributed by atoms with Crippen molar-refractivity contribution in [3.8, 4) is 0 Å². The Balaban J connectivity index is 1.42. The third-order valence-electron chi connectivity index (χ3n) is 4.13. The van der Waals surface area contributed by atoms with Crippen molar-refractivity contribution in [1.29, 1.82) is 0 Å². The molecule has 0 aliphatic heterocycles. The lowest BCUT2D eigenvalue weighted by atomic mass is 9.98. The molecule has 1 aromatic rings. The maximum absolute atomic E-state index is 11.7. The average molecular weight is 304 g/mol. The monoisotopic (exact) mass is 304 g/mol. The number of ether oxygens (including phenoxy) is 2. The summed E-state index contributed by atoms with van der Waals surface area (Å²) < 4.78 is 11.1. The first kappa shape index (κ1) is 17.0. The van der Waals surface area contributed by atoms with Crippen LogP contribution in [-0.4, -0.2) is 18.7 Å². The van der Waals surface area contributed by atoms with Gasteiger partial charge in [-0.2, -0.15) is 0 Å². The van der Waals surface area contributed by atoms with E-state index >= 15 is 0 Å². The molecule has 0 bridgehead atoms. The van der Waals surface area contributed by atoms with Crippen molar-refractivity contribution < 1.29 is 14.3 Å². The van der Waals surface area contributed by atoms with Crippen LogP contribution >= 0.6 is 0 Å². The predicted octanol–water partition coefficient (Wildman–Crippen LogP) is 4.64. The largest absolute Gasteiger partial charge is 0.462 e. The van der Waals surface area contributed by atoms with Crippen molar-refractivity contribution in [1.82, 2.24) is 0 Å². The number of benzene rings is 1. The van der Waals surface area contributed by atoms with E-state index in [1.54, 1.807) is 0 Å². The van der Waals surface area contributed by atoms with Gasteiger partial charge in [-0.25, -0.2) is 0 Å². The summed E-state index contributed by atoms with van der Waals surface area (Å²) in [6.45, 7) is 1.43. The topological polar surface area (TPSA) is 35.5 Å². The SMILES string of the molecule is O=C(CCCCCOCc1ccccc1)OC1CCCCC1. The number of carbonyl (C=O) groups is 1. The van der Waals surface area contributed by atoms with Crippen LogP contribution in [-0.2, 0) is 20.9 Å². The van der Waals surface area contributed by atoms with Crippen molar-refractivity contribution in [2.45, 2.75) is 70.5 Å². The molecule has 0 unspecified atom stereocenters. The average Bonchev–Trinajstić information content (AvgIpc) is 2.56. The van der Waals surface area contributed by atoms with Crippen LogP contribution in [0.5, 0.6) is 0 Å². The molecular formula is C19H28O3. The van der Waals surface area contributed by atoms with Crippen molar-refractivity contribution in [2.24, 2.45) is 0 Å². The molecule has 1 fully saturated rings. The summed E-state index contributed by atoms with van der Waals surface area (Å²) in [7, 11) is 0. The Bertz CT molecular complexity index is 410. The molecule has 0 heterocycles. The number of rotatable bonds is 9. The Hall–Kier alpha value is -1.35. The lowest BCUT2D eigenvalue weighted by molar-refractivity contribution is -0.150. The molecule has 0 saturated heterocycles. The van der Waals surface area contributed by atoms with Crippen LogP contribution in [0.1, 0.15) is 63.4 Å². The predicted molar refractivity (Wildman–Crippen MR) is 87.5 cm³/mol. The van der Waals surface area contributed by atoms with Crippen molar-refractivity contribution in [3.63, 3.8) is 0 Å². The number of carbonyl (C=O) groups excluding carboxylic acids is 1. The molecule has 1 aromatic carbocycles. The molecule has 2 rings (SSSR count). The van der Waals surface area contributed by atoms with Gasteiger partial charge in [-0.05, 0) is 44.1 Å². The van der Waals surface area contributed by atoms with Crippen LogP contribution in [0, 0.1) is 0 Å². The highest BCUT2D eigenvalue weighted by molar-refractivity contribution is 5.69. The smallest absolute Gasteiger partial charge is 0.306 e. The maximum atomic E-state index is 11.7. The van der Waals surface area contributed by atoms with E-state index in [0.717, 1.165) is 38.7 Å². The van der Waals surface area contributed by atoms with Crippen LogP contribution in [0.25, 0.3) is 0 Å². The van der Waals surface area contributed by atoms with Gasteiger partial charge in [0.15, 0.2) is 0 Å². The van der Waals surface area contributed by atoms with Gasteiger partial charge in [0.2, 0.25) is 0 Å². The van der Waals surface area contributed by atoms with Gasteiger partial charge in [0.1, 0.15) is 6.10 Å². The van der Waals surface area contributed by atoms with Gasteiger partial charge in [0.05, 0.1) is 6.61 Å². The summed E-state index contributed by atoms with van der Waals surface area (Å²) in [5.41, 5.74) is 1.21. The van der Waals surface area contributed by atoms with E-state index in [-0.39, 0.29) is 12.1 Å². The van der Waals surface area contributed by atoms with E-state index in [1.165, 1.54) is 24.8 Å². The third kappa shape index (κ3) is 7.08. The molecule has 0 spiro atoms. The molecule has 1 saturated carbocycles. The molecule has 0 amide bonds. The van der Waals surface area contributed by atoms with Gasteiger partial charge in [-0.3, -0.25) is 4.79 Å². The fourth-order valence-electron chi connectivity index (χ4n) is 2.84. The van der Waals surface area contributed by atoms with E-state index in [9.17, 15) is 4.79 Å². The van der Waals surface area contributed by atoms with Crippen LogP contribution in [0.3, 0.4) is 0 Å². The Morgan fingerprint density at radius 1 is 1.00 bits per heavy atom. The minimum Gasteiger partial charge on any atom is -0.462 e. The van der Waals surface area contributed by atoms with E-state index in [4.69, 9.17) is 9.47 Å². The molecule has 0 atom stereocenters. The molecule has 1 aliphatic rings. The normalized spacial score (nSPS) is 15.6. The Morgan fingerprint density at radius 3 is 2.55 bits per heavy atom. The number of hydrogen-bond acceptors (Lipinski definition) is 3. The standard InChI is InChI=1S/C19H28O3/c20-19(22-18-12-6-2-7-13-18)14-8-3-9-15-21-16-17-10-4-1-5-11-17/h1,4-5,10-11,18H,2-3,6-9,12-16H2. The highest BCUT2D eigenvalue weighted by Gasteiger charge is 2.17. The van der Waals surface area contributed by atoms with Crippen molar-refractivity contribution >= 4 is 5.97 Å². The lowest BCUT2D eigenvalue weighted by Crippen LogP contribution is -2.20. The van der Waals surface area contributed by atoms with Gasteiger partial charge >= 0.3 is 5.97 Å². The fraction of sp³-hybridized carbons (Fsp3) is 0.632. The van der Waals surface area contributed by atoms with Crippen LogP contribution in [0.4, 0.5) is 0 Å². The Morgan fingerprint density at radius 2 is 1.77 bits per heavy atom. The lowest BCUT2D eigenvalue weighted by Gasteiger charge is -2.21. The first-order chi connectivity index (χ1) is 10.8. The molecule has 0 N–H and O–H groups in total. The summed E-state index contributed by atoms with van der Waals surface area (Å²) >= 11 is 0. The second kappa shape index (κ2) is 10.4. The molecule has 1 aliphatic carbocycles. The second-order valence-electron chi connectivity index (χ2n) is 6.10. The summed E-state index contributed by atoms with van der Waals surface area (Å²) in [6.07, 6.45) is 9.48. The zero-order chi connectivity index (χ0) is 15.5. The second-order valence-corrected chi connectivity index (χ2v) is 6.10. The van der Waals surface area contributed by atoms with Gasteiger partial charge in [0.25, 0.3) is 0 Å². The summed E-state index contributed by atoms with van der Waals surface area (Å²) in [4.78, 5) is 11.7. The van der Waals surface area contributed by atoms with Crippen molar-refractivity contribution in [3.05, 3.63) is 35.9 Å². The minimum atomic E-state index is -0.0166. The van der Waals surface area contributed by atoms with Gasteiger partial charge in [0, 0.05) is 13.0 Å². The maximum Gasteiger partial charge on any atom is 0.306 e. The minimum absolute atomic E-state index is 0.0166. The molecule has 122 valence electrons. The Kier molecular flexibility index (Phi) is 8.03. The van der Waals surface area contributed by atoms with Crippen LogP contribution < -0.4 is 0 Å². The number of hydrogen-bond donors (Lipinski definition) is 0. The zero-order valence-corrected chi connectivity index (χ0v) is 13.5. The first-order valence-electron chi connectivity index (χ1n) is 8.66. The van der Waals surface area contributed by atoms with Crippen LogP contribution in [0.15, 0.2) is 30.3 Å². The van der Waals surface area contributed by atoms with E-state index < -0.39 is 0 Å². The molecule has 3 nitrogen and oxygen atoms in total. The molecule has 22 heavy (non-hydrogen) atoms. The molecule has 3 heteroatoms. The molecular weight excluding hydrogens is 276 g/mol. The van der Waals surface area contributed by atoms with Gasteiger partial charge in [-0.15, -0.1) is 0 Å². The highest BCUT2D eigenvalue weighted by atomic mass is 16.5. The van der Waals surface area contributed by atoms with Crippen LogP contribution in [0.2, 0.25) is 0 Å². The Labute approximate surface area is 134 Å². The summed E-state index contributed by atoms with van der Waals surface area (Å²) in [5.74, 6) is -0.0166. The quantitative estimate of drug-likeness (QED) is 0.492. The van der Waals surface area contributed by atoms with Crippen molar-refractivity contribution in [2.75, 3.05) is 6.61 Å². The summed E-state index contributed by atoms with van der Waals surface area (Å²) in [5, 5.41) is 0. The van der Waals surface area contributed by atoms with Gasteiger partial charge in [-0.1, -0.05) is 43.2 Å². The first-order valence-corrected chi connectivity index (χ1v) is 8.66. The molecule has 0 radical (unpaired) electrons. The summed E-state index contributed by atoms with van der Waals surface area (Å²) in [6, 6.07) is 10.2. The highest BCUT2D eigenvalue weighted by Crippen LogP contribution is 2.21. The van der Waals surface area contributed by atoms with E-state index in [2.05, 4.69) is 12.1 Å². The zero-order valence-electron chi connectivity index (χ0n) is 13.5. The molecule has 0 aromatic heterocycles. The fourth-order valence-corrected chi connectivity index (χ4v) is 2.84. The van der Waals surface area contributed by atoms with Gasteiger partial charge < -0.3 is 9.47 Å².